The van der Waals surface area contributed by atoms with E-state index in [1.807, 2.05) is 26.8 Å². The van der Waals surface area contributed by atoms with Crippen LogP contribution in [-0.2, 0) is 12.0 Å². The van der Waals surface area contributed by atoms with E-state index < -0.39 is 17.2 Å². The molecule has 0 amide bonds. The first-order chi connectivity index (χ1) is 12.7. The largest absolute Gasteiger partial charge is 0.466 e. The second-order valence-electron chi connectivity index (χ2n) is 6.75. The maximum absolute atomic E-state index is 13.3. The van der Waals surface area contributed by atoms with E-state index >= 15 is 0 Å². The first kappa shape index (κ1) is 20.9. The number of benzene rings is 1. The molecular formula is C20H27F2N3O2. The molecule has 2 aromatic rings. The Morgan fingerprint density at radius 3 is 2.37 bits per heavy atom. The minimum Gasteiger partial charge on any atom is -0.466 e. The van der Waals surface area contributed by atoms with Crippen molar-refractivity contribution in [2.45, 2.75) is 39.7 Å². The average Bonchev–Trinajstić information content (AvgIpc) is 2.91. The number of hydrogen-bond acceptors (Lipinski definition) is 3. The Morgan fingerprint density at radius 2 is 1.81 bits per heavy atom. The van der Waals surface area contributed by atoms with E-state index in [1.165, 1.54) is 12.1 Å². The zero-order valence-corrected chi connectivity index (χ0v) is 16.2. The number of nitrogens with one attached hydrogen (secondary N) is 2. The van der Waals surface area contributed by atoms with Crippen molar-refractivity contribution in [1.82, 2.24) is 10.6 Å². The number of halogens is 2. The monoisotopic (exact) mass is 379 g/mol. The summed E-state index contributed by atoms with van der Waals surface area (Å²) in [6.07, 6.45) is 0.440. The van der Waals surface area contributed by atoms with Crippen LogP contribution < -0.4 is 10.6 Å². The normalized spacial score (nSPS) is 14.1. The highest BCUT2D eigenvalue weighted by atomic mass is 19.1. The maximum atomic E-state index is 13.3. The van der Waals surface area contributed by atoms with Gasteiger partial charge in [0.1, 0.15) is 28.8 Å². The third-order valence-electron chi connectivity index (χ3n) is 4.14. The second-order valence-corrected chi connectivity index (χ2v) is 6.75. The smallest absolute Gasteiger partial charge is 0.191 e. The highest BCUT2D eigenvalue weighted by Crippen LogP contribution is 2.27. The third kappa shape index (κ3) is 6.06. The number of nitrogens with zero attached hydrogens (tertiary/aromatic N) is 1. The van der Waals surface area contributed by atoms with Gasteiger partial charge in [-0.05, 0) is 57.9 Å². The predicted molar refractivity (Wildman–Crippen MR) is 102 cm³/mol. The molecule has 27 heavy (non-hydrogen) atoms. The molecule has 3 N–H and O–H groups in total. The van der Waals surface area contributed by atoms with Gasteiger partial charge in [-0.1, -0.05) is 0 Å². The Balaban J connectivity index is 1.99. The van der Waals surface area contributed by atoms with Gasteiger partial charge in [0.05, 0.1) is 6.54 Å². The molecule has 1 aromatic heterocycles. The lowest BCUT2D eigenvalue weighted by molar-refractivity contribution is 0.0657. The van der Waals surface area contributed by atoms with Crippen LogP contribution in [0.15, 0.2) is 33.7 Å². The van der Waals surface area contributed by atoms with Crippen molar-refractivity contribution in [1.29, 1.82) is 0 Å². The summed E-state index contributed by atoms with van der Waals surface area (Å²) in [6.45, 7) is 8.48. The molecule has 2 rings (SSSR count). The van der Waals surface area contributed by atoms with E-state index in [2.05, 4.69) is 15.6 Å². The minimum atomic E-state index is -1.17. The van der Waals surface area contributed by atoms with E-state index in [-0.39, 0.29) is 6.54 Å². The van der Waals surface area contributed by atoms with Crippen LogP contribution in [0.1, 0.15) is 36.5 Å². The van der Waals surface area contributed by atoms with E-state index in [9.17, 15) is 13.9 Å². The Kier molecular flexibility index (Phi) is 6.96. The fourth-order valence-corrected chi connectivity index (χ4v) is 2.91. The lowest BCUT2D eigenvalue weighted by Crippen LogP contribution is -2.39. The SMILES string of the molecule is CCNC(=NCC(C)(O)c1cc(C)oc1C)NCCc1cc(F)cc(F)c1. The average molecular weight is 379 g/mol. The molecule has 5 nitrogen and oxygen atoms in total. The van der Waals surface area contributed by atoms with E-state index in [0.717, 1.165) is 11.8 Å². The van der Waals surface area contributed by atoms with Crippen molar-refractivity contribution in [3.8, 4) is 0 Å². The van der Waals surface area contributed by atoms with Crippen molar-refractivity contribution in [2.75, 3.05) is 19.6 Å². The number of aryl methyl sites for hydroxylation is 2. The van der Waals surface area contributed by atoms with Crippen molar-refractivity contribution in [3.05, 3.63) is 58.5 Å². The summed E-state index contributed by atoms with van der Waals surface area (Å²) in [5, 5.41) is 17.0. The molecule has 7 heteroatoms. The Hall–Kier alpha value is -2.41. The number of aliphatic imine (C=N–C) groups is 1. The van der Waals surface area contributed by atoms with E-state index in [1.54, 1.807) is 6.92 Å². The van der Waals surface area contributed by atoms with Crippen LogP contribution in [-0.4, -0.2) is 30.7 Å². The van der Waals surface area contributed by atoms with Crippen molar-refractivity contribution in [2.24, 2.45) is 4.99 Å². The van der Waals surface area contributed by atoms with Gasteiger partial charge in [0.2, 0.25) is 0 Å². The summed E-state index contributed by atoms with van der Waals surface area (Å²) in [4.78, 5) is 4.43. The van der Waals surface area contributed by atoms with Gasteiger partial charge < -0.3 is 20.2 Å². The molecule has 1 aromatic carbocycles. The molecule has 0 spiro atoms. The van der Waals surface area contributed by atoms with Crippen LogP contribution in [0.25, 0.3) is 0 Å². The van der Waals surface area contributed by atoms with Crippen LogP contribution in [0.3, 0.4) is 0 Å². The molecule has 0 fully saturated rings. The molecule has 0 bridgehead atoms. The lowest BCUT2D eigenvalue weighted by atomic mass is 9.96. The van der Waals surface area contributed by atoms with Crippen LogP contribution in [0.5, 0.6) is 0 Å². The fraction of sp³-hybridized carbons (Fsp3) is 0.450. The molecule has 0 radical (unpaired) electrons. The van der Waals surface area contributed by atoms with Gasteiger partial charge in [0.15, 0.2) is 5.96 Å². The molecule has 1 atom stereocenters. The van der Waals surface area contributed by atoms with Gasteiger partial charge >= 0.3 is 0 Å². The molecular weight excluding hydrogens is 352 g/mol. The number of aliphatic hydroxyl groups is 1. The van der Waals surface area contributed by atoms with E-state index in [0.29, 0.717) is 42.4 Å². The number of hydrogen-bond donors (Lipinski definition) is 3. The van der Waals surface area contributed by atoms with Gasteiger partial charge in [-0.25, -0.2) is 13.8 Å². The highest BCUT2D eigenvalue weighted by molar-refractivity contribution is 5.79. The summed E-state index contributed by atoms with van der Waals surface area (Å²) >= 11 is 0. The topological polar surface area (TPSA) is 69.8 Å². The molecule has 0 aliphatic heterocycles. The van der Waals surface area contributed by atoms with Crippen molar-refractivity contribution in [3.63, 3.8) is 0 Å². The van der Waals surface area contributed by atoms with Gasteiger partial charge in [-0.3, -0.25) is 0 Å². The third-order valence-corrected chi connectivity index (χ3v) is 4.14. The van der Waals surface area contributed by atoms with Crippen LogP contribution in [0.4, 0.5) is 8.78 Å². The number of rotatable bonds is 7. The zero-order valence-electron chi connectivity index (χ0n) is 16.2. The zero-order chi connectivity index (χ0) is 20.0. The van der Waals surface area contributed by atoms with Gasteiger partial charge in [0.25, 0.3) is 0 Å². The molecule has 1 unspecified atom stereocenters. The lowest BCUT2D eigenvalue weighted by Gasteiger charge is -2.21. The first-order valence-corrected chi connectivity index (χ1v) is 8.98. The summed E-state index contributed by atoms with van der Waals surface area (Å²) in [5.74, 6) is 0.741. The molecule has 148 valence electrons. The Morgan fingerprint density at radius 1 is 1.15 bits per heavy atom. The molecule has 0 saturated heterocycles. The summed E-state index contributed by atoms with van der Waals surface area (Å²) < 4.78 is 32.0. The minimum absolute atomic E-state index is 0.136. The molecule has 0 saturated carbocycles. The van der Waals surface area contributed by atoms with Gasteiger partial charge in [-0.15, -0.1) is 0 Å². The van der Waals surface area contributed by atoms with Crippen molar-refractivity contribution >= 4 is 5.96 Å². The maximum Gasteiger partial charge on any atom is 0.191 e. The number of furan rings is 1. The van der Waals surface area contributed by atoms with Crippen LogP contribution >= 0.6 is 0 Å². The van der Waals surface area contributed by atoms with E-state index in [4.69, 9.17) is 4.42 Å². The predicted octanol–water partition coefficient (Wildman–Crippen LogP) is 3.18. The number of guanidine groups is 1. The van der Waals surface area contributed by atoms with Crippen LogP contribution in [0.2, 0.25) is 0 Å². The highest BCUT2D eigenvalue weighted by Gasteiger charge is 2.27. The van der Waals surface area contributed by atoms with Crippen LogP contribution in [0, 0.1) is 25.5 Å². The van der Waals surface area contributed by atoms with Gasteiger partial charge in [-0.2, -0.15) is 0 Å². The molecule has 0 aliphatic carbocycles. The second kappa shape index (κ2) is 8.99. The van der Waals surface area contributed by atoms with Crippen molar-refractivity contribution < 1.29 is 18.3 Å². The summed E-state index contributed by atoms with van der Waals surface area (Å²) in [6, 6.07) is 5.28. The fourth-order valence-electron chi connectivity index (χ4n) is 2.91. The first-order valence-electron chi connectivity index (χ1n) is 8.98. The Labute approximate surface area is 158 Å². The quantitative estimate of drug-likeness (QED) is 0.511. The standard InChI is InChI=1S/C20H27F2N3O2/c1-5-23-19(24-7-6-15-9-16(21)11-17(22)10-15)25-12-20(4,26)18-8-13(2)27-14(18)3/h8-11,26H,5-7,12H2,1-4H3,(H2,23,24,25). The Bertz CT molecular complexity index is 780. The van der Waals surface area contributed by atoms with Gasteiger partial charge in [0, 0.05) is 24.7 Å². The summed E-state index contributed by atoms with van der Waals surface area (Å²) in [5.41, 5.74) is 0.0952. The molecule has 0 aliphatic rings. The molecule has 1 heterocycles. The summed E-state index contributed by atoms with van der Waals surface area (Å²) in [7, 11) is 0.